The number of esters is 1. The van der Waals surface area contributed by atoms with Crippen molar-refractivity contribution in [3.05, 3.63) is 47.5 Å². The maximum absolute atomic E-state index is 11.5. The van der Waals surface area contributed by atoms with Crippen LogP contribution >= 0.6 is 0 Å². The fourth-order valence-corrected chi connectivity index (χ4v) is 1.14. The zero-order valence-electron chi connectivity index (χ0n) is 10.9. The number of ether oxygens (including phenoxy) is 2. The molecule has 1 aromatic rings. The van der Waals surface area contributed by atoms with Crippen LogP contribution in [0.4, 0.5) is 0 Å². The molecule has 1 atom stereocenters. The number of rotatable bonds is 3. The van der Waals surface area contributed by atoms with E-state index in [0.717, 1.165) is 0 Å². The van der Waals surface area contributed by atoms with Crippen LogP contribution in [0.5, 0.6) is 0 Å². The summed E-state index contributed by atoms with van der Waals surface area (Å²) in [6.45, 7) is 7.88. The highest BCUT2D eigenvalue weighted by Crippen LogP contribution is 2.16. The predicted molar refractivity (Wildman–Crippen MR) is 69.0 cm³/mol. The molecule has 1 N–H and O–H groups in total. The Labute approximate surface area is 111 Å². The van der Waals surface area contributed by atoms with Gasteiger partial charge in [0.05, 0.1) is 11.1 Å². The van der Waals surface area contributed by atoms with E-state index in [1.54, 1.807) is 12.1 Å². The summed E-state index contributed by atoms with van der Waals surface area (Å²) in [5, 5.41) is 8.83. The van der Waals surface area contributed by atoms with Gasteiger partial charge in [-0.3, -0.25) is 0 Å². The maximum atomic E-state index is 11.5. The Balaban J connectivity index is 0.000000399. The zero-order chi connectivity index (χ0) is 14.4. The first kappa shape index (κ1) is 14.9. The molecule has 5 heteroatoms. The molecular formula is C14H16O5. The molecule has 0 radical (unpaired) electrons. The zero-order valence-corrected chi connectivity index (χ0v) is 10.9. The molecule has 0 saturated carbocycles. The van der Waals surface area contributed by atoms with E-state index in [9.17, 15) is 9.59 Å². The lowest BCUT2D eigenvalue weighted by molar-refractivity contribution is 0.0292. The van der Waals surface area contributed by atoms with Crippen molar-refractivity contribution in [3.63, 3.8) is 0 Å². The first-order valence-corrected chi connectivity index (χ1v) is 5.69. The Morgan fingerprint density at radius 1 is 1.32 bits per heavy atom. The third-order valence-corrected chi connectivity index (χ3v) is 1.92. The van der Waals surface area contributed by atoms with Crippen LogP contribution in [0, 0.1) is 0 Å². The molecule has 1 aliphatic rings. The van der Waals surface area contributed by atoms with Gasteiger partial charge in [-0.15, -0.1) is 6.58 Å². The quantitative estimate of drug-likeness (QED) is 0.515. The van der Waals surface area contributed by atoms with Gasteiger partial charge in [0.2, 0.25) is 6.29 Å². The van der Waals surface area contributed by atoms with E-state index in [0.29, 0.717) is 6.61 Å². The van der Waals surface area contributed by atoms with Crippen molar-refractivity contribution in [3.8, 4) is 0 Å². The molecule has 19 heavy (non-hydrogen) atoms. The Hall–Kier alpha value is -2.14. The van der Waals surface area contributed by atoms with E-state index in [4.69, 9.17) is 14.6 Å². The van der Waals surface area contributed by atoms with E-state index in [1.807, 2.05) is 13.8 Å². The Morgan fingerprint density at radius 3 is 2.21 bits per heavy atom. The third-order valence-electron chi connectivity index (χ3n) is 1.92. The monoisotopic (exact) mass is 264 g/mol. The molecule has 1 unspecified atom stereocenters. The van der Waals surface area contributed by atoms with Crippen LogP contribution in [0.2, 0.25) is 0 Å². The summed E-state index contributed by atoms with van der Waals surface area (Å²) in [7, 11) is 0. The molecule has 5 nitrogen and oxygen atoms in total. The van der Waals surface area contributed by atoms with Gasteiger partial charge in [0.25, 0.3) is 0 Å². The minimum absolute atomic E-state index is 0.0421. The molecule has 1 aliphatic heterocycles. The van der Waals surface area contributed by atoms with Crippen molar-refractivity contribution < 1.29 is 24.2 Å². The molecule has 0 aliphatic carbocycles. The predicted octanol–water partition coefficient (Wildman–Crippen LogP) is 2.48. The topological polar surface area (TPSA) is 76.1 Å². The van der Waals surface area contributed by atoms with E-state index >= 15 is 0 Å². The van der Waals surface area contributed by atoms with Gasteiger partial charge in [-0.05, 0) is 26.0 Å². The van der Waals surface area contributed by atoms with Crippen LogP contribution in [0.3, 0.4) is 0 Å². The Morgan fingerprint density at radius 2 is 1.79 bits per heavy atom. The Kier molecular flexibility index (Phi) is 5.26. The number of benzene rings is 1. The second-order valence-corrected chi connectivity index (χ2v) is 4.23. The summed E-state index contributed by atoms with van der Waals surface area (Å²) in [4.78, 5) is 22.2. The highest BCUT2D eigenvalue weighted by Gasteiger charge is 2.29. The van der Waals surface area contributed by atoms with Gasteiger partial charge in [-0.25, -0.2) is 9.59 Å². The van der Waals surface area contributed by atoms with Crippen molar-refractivity contribution in [1.82, 2.24) is 0 Å². The lowest BCUT2D eigenvalue weighted by Gasteiger charge is -2.04. The lowest BCUT2D eigenvalue weighted by Crippen LogP contribution is -2.12. The number of carbonyl (C=O) groups excluding carboxylic acids is 1. The van der Waals surface area contributed by atoms with Gasteiger partial charge in [0, 0.05) is 0 Å². The van der Waals surface area contributed by atoms with Crippen molar-refractivity contribution in [2.24, 2.45) is 0 Å². The summed E-state index contributed by atoms with van der Waals surface area (Å²) in [6.07, 6.45) is -0.514. The van der Waals surface area contributed by atoms with Crippen LogP contribution in [-0.2, 0) is 9.47 Å². The number of epoxide rings is 1. The number of carbonyl (C=O) groups is 2. The molecule has 1 heterocycles. The second kappa shape index (κ2) is 6.70. The highest BCUT2D eigenvalue weighted by molar-refractivity contribution is 6.02. The van der Waals surface area contributed by atoms with Crippen LogP contribution in [0.15, 0.2) is 36.4 Å². The molecule has 1 aromatic carbocycles. The van der Waals surface area contributed by atoms with E-state index in [2.05, 4.69) is 6.58 Å². The van der Waals surface area contributed by atoms with Crippen molar-refractivity contribution in [2.45, 2.75) is 20.1 Å². The Bertz CT molecular complexity index is 484. The molecule has 0 bridgehead atoms. The summed E-state index contributed by atoms with van der Waals surface area (Å²) < 4.78 is 9.52. The van der Waals surface area contributed by atoms with Crippen LogP contribution < -0.4 is 0 Å². The first-order chi connectivity index (χ1) is 8.91. The molecule has 0 spiro atoms. The molecule has 0 aromatic heterocycles. The number of aromatic carboxylic acids is 1. The van der Waals surface area contributed by atoms with Gasteiger partial charge in [-0.1, -0.05) is 17.7 Å². The second-order valence-electron chi connectivity index (χ2n) is 4.23. The summed E-state index contributed by atoms with van der Waals surface area (Å²) in [5.41, 5.74) is 1.14. The van der Waals surface area contributed by atoms with E-state index in [1.165, 1.54) is 17.7 Å². The fourth-order valence-electron chi connectivity index (χ4n) is 1.14. The SMILES string of the molecule is C=C(C)C.O=C(O)c1ccccc1C(=O)OC1CO1. The summed E-state index contributed by atoms with van der Waals surface area (Å²) in [6, 6.07) is 5.89. The fraction of sp³-hybridized carbons (Fsp3) is 0.286. The molecule has 0 amide bonds. The highest BCUT2D eigenvalue weighted by atomic mass is 16.8. The normalized spacial score (nSPS) is 15.8. The number of carboxylic acids is 1. The van der Waals surface area contributed by atoms with Crippen LogP contribution in [0.25, 0.3) is 0 Å². The minimum Gasteiger partial charge on any atom is -0.478 e. The van der Waals surface area contributed by atoms with Crippen molar-refractivity contribution in [1.29, 1.82) is 0 Å². The molecule has 1 saturated heterocycles. The van der Waals surface area contributed by atoms with E-state index in [-0.39, 0.29) is 11.1 Å². The van der Waals surface area contributed by atoms with Gasteiger partial charge in [0.1, 0.15) is 6.61 Å². The summed E-state index contributed by atoms with van der Waals surface area (Å²) >= 11 is 0. The molecule has 2 rings (SSSR count). The third kappa shape index (κ3) is 5.35. The van der Waals surface area contributed by atoms with E-state index < -0.39 is 18.2 Å². The maximum Gasteiger partial charge on any atom is 0.341 e. The minimum atomic E-state index is -1.15. The number of hydrogen-bond acceptors (Lipinski definition) is 4. The van der Waals surface area contributed by atoms with Crippen molar-refractivity contribution in [2.75, 3.05) is 6.61 Å². The van der Waals surface area contributed by atoms with Gasteiger partial charge in [-0.2, -0.15) is 0 Å². The van der Waals surface area contributed by atoms with Crippen LogP contribution in [-0.4, -0.2) is 29.9 Å². The molecule has 102 valence electrons. The number of hydrogen-bond donors (Lipinski definition) is 1. The molecule has 1 fully saturated rings. The lowest BCUT2D eigenvalue weighted by atomic mass is 10.1. The summed E-state index contributed by atoms with van der Waals surface area (Å²) in [5.74, 6) is -1.82. The van der Waals surface area contributed by atoms with Crippen LogP contribution in [0.1, 0.15) is 34.6 Å². The van der Waals surface area contributed by atoms with Gasteiger partial charge < -0.3 is 14.6 Å². The largest absolute Gasteiger partial charge is 0.478 e. The first-order valence-electron chi connectivity index (χ1n) is 5.69. The average Bonchev–Trinajstić information content (AvgIpc) is 3.12. The molecular weight excluding hydrogens is 248 g/mol. The smallest absolute Gasteiger partial charge is 0.341 e. The standard InChI is InChI=1S/C10H8O5.C4H8/c11-9(12)6-3-1-2-4-7(6)10(13)15-8-5-14-8;1-4(2)3/h1-4,8H,5H2,(H,11,12);1H2,2-3H3. The average molecular weight is 264 g/mol. The van der Waals surface area contributed by atoms with Crippen molar-refractivity contribution >= 4 is 11.9 Å². The number of allylic oxidation sites excluding steroid dienone is 1. The van der Waals surface area contributed by atoms with Gasteiger partial charge in [0.15, 0.2) is 0 Å². The van der Waals surface area contributed by atoms with Gasteiger partial charge >= 0.3 is 11.9 Å². The number of carboxylic acid groups (broad SMARTS) is 1.